The number of esters is 1. The number of sulfone groups is 1. The van der Waals surface area contributed by atoms with E-state index < -0.39 is 20.7 Å². The first-order chi connectivity index (χ1) is 12.8. The molecule has 0 saturated carbocycles. The van der Waals surface area contributed by atoms with Crippen LogP contribution < -0.4 is 10.1 Å². The zero-order valence-electron chi connectivity index (χ0n) is 15.7. The van der Waals surface area contributed by atoms with E-state index in [1.165, 1.54) is 12.1 Å². The van der Waals surface area contributed by atoms with Crippen molar-refractivity contribution in [1.82, 2.24) is 0 Å². The van der Waals surface area contributed by atoms with Gasteiger partial charge in [0, 0.05) is 11.9 Å². The molecule has 6 nitrogen and oxygen atoms in total. The number of nitrogens with one attached hydrogen (secondary N) is 1. The molecular weight excluding hydrogens is 366 g/mol. The van der Waals surface area contributed by atoms with Gasteiger partial charge in [0.2, 0.25) is 9.84 Å². The summed E-state index contributed by atoms with van der Waals surface area (Å²) in [6, 6.07) is 13.3. The Labute approximate surface area is 159 Å². The van der Waals surface area contributed by atoms with E-state index in [2.05, 4.69) is 10.1 Å². The first kappa shape index (κ1) is 20.5. The van der Waals surface area contributed by atoms with Gasteiger partial charge < -0.3 is 14.8 Å². The Morgan fingerprint density at radius 2 is 1.59 bits per heavy atom. The van der Waals surface area contributed by atoms with Gasteiger partial charge in [0.25, 0.3) is 0 Å². The number of anilines is 1. The lowest BCUT2D eigenvalue weighted by Gasteiger charge is -2.11. The van der Waals surface area contributed by atoms with Crippen molar-refractivity contribution in [3.8, 4) is 5.75 Å². The average Bonchev–Trinajstić information content (AvgIpc) is 2.68. The number of ether oxygens (including phenoxy) is 2. The lowest BCUT2D eigenvalue weighted by atomic mass is 10.0. The van der Waals surface area contributed by atoms with Crippen molar-refractivity contribution in [2.24, 2.45) is 0 Å². The minimum absolute atomic E-state index is 0.0279. The molecule has 27 heavy (non-hydrogen) atoms. The van der Waals surface area contributed by atoms with E-state index in [-0.39, 0.29) is 10.8 Å². The summed E-state index contributed by atoms with van der Waals surface area (Å²) in [7, 11) is -1.35. The summed E-state index contributed by atoms with van der Waals surface area (Å²) in [5, 5.41) is 2.82. The Bertz CT molecular complexity index is 914. The average molecular weight is 389 g/mol. The quantitative estimate of drug-likeness (QED) is 0.574. The highest BCUT2D eigenvalue weighted by Gasteiger charge is 2.28. The highest BCUT2D eigenvalue weighted by atomic mass is 32.2. The van der Waals surface area contributed by atoms with Gasteiger partial charge in [-0.3, -0.25) is 0 Å². The van der Waals surface area contributed by atoms with E-state index in [1.807, 2.05) is 13.8 Å². The second-order valence-electron chi connectivity index (χ2n) is 6.10. The highest BCUT2D eigenvalue weighted by Crippen LogP contribution is 2.24. The Kier molecular flexibility index (Phi) is 6.63. The summed E-state index contributed by atoms with van der Waals surface area (Å²) in [4.78, 5) is 11.7. The van der Waals surface area contributed by atoms with Crippen molar-refractivity contribution < 1.29 is 22.7 Å². The third-order valence-electron chi connectivity index (χ3n) is 3.99. The fraction of sp³-hybridized carbons (Fsp3) is 0.250. The summed E-state index contributed by atoms with van der Waals surface area (Å²) < 4.78 is 35.5. The Morgan fingerprint density at radius 1 is 1.00 bits per heavy atom. The van der Waals surface area contributed by atoms with Crippen molar-refractivity contribution in [2.75, 3.05) is 19.5 Å². The number of carbonyl (C=O) groups is 1. The van der Waals surface area contributed by atoms with E-state index in [0.717, 1.165) is 18.9 Å². The number of hydrogen-bond acceptors (Lipinski definition) is 6. The van der Waals surface area contributed by atoms with Gasteiger partial charge in [-0.2, -0.15) is 0 Å². The van der Waals surface area contributed by atoms with Crippen molar-refractivity contribution in [3.63, 3.8) is 0 Å². The van der Waals surface area contributed by atoms with Gasteiger partial charge >= 0.3 is 5.97 Å². The molecule has 0 aliphatic heterocycles. The van der Waals surface area contributed by atoms with Crippen LogP contribution in [0.3, 0.4) is 0 Å². The molecule has 2 aromatic carbocycles. The van der Waals surface area contributed by atoms with Crippen LogP contribution in [0.2, 0.25) is 0 Å². The number of hydrogen-bond donors (Lipinski definition) is 1. The maximum Gasteiger partial charge on any atom is 0.351 e. The second-order valence-corrected chi connectivity index (χ2v) is 8.02. The summed E-state index contributed by atoms with van der Waals surface area (Å²) in [5.74, 6) is -0.00588. The fourth-order valence-electron chi connectivity index (χ4n) is 2.34. The van der Waals surface area contributed by atoms with Crippen LogP contribution in [0.4, 0.5) is 5.69 Å². The molecule has 0 radical (unpaired) electrons. The van der Waals surface area contributed by atoms with Gasteiger partial charge in [-0.15, -0.1) is 0 Å². The van der Waals surface area contributed by atoms with Crippen LogP contribution >= 0.6 is 0 Å². The van der Waals surface area contributed by atoms with Crippen molar-refractivity contribution in [3.05, 3.63) is 65.2 Å². The molecule has 0 atom stereocenters. The van der Waals surface area contributed by atoms with E-state index in [4.69, 9.17) is 4.74 Å². The fourth-order valence-corrected chi connectivity index (χ4v) is 3.61. The molecule has 0 aromatic heterocycles. The molecule has 0 fully saturated rings. The Hall–Kier alpha value is -2.80. The summed E-state index contributed by atoms with van der Waals surface area (Å²) in [6.45, 7) is 4.03. The summed E-state index contributed by atoms with van der Waals surface area (Å²) in [5.41, 5.74) is 1.61. The van der Waals surface area contributed by atoms with Crippen LogP contribution in [0.25, 0.3) is 0 Å². The zero-order valence-corrected chi connectivity index (χ0v) is 16.5. The SMILES string of the molecule is COC(=O)/C(=C/Nc1ccc(OC)cc1)S(=O)(=O)c1ccc(C(C)C)cc1. The van der Waals surface area contributed by atoms with Crippen molar-refractivity contribution >= 4 is 21.5 Å². The lowest BCUT2D eigenvalue weighted by molar-refractivity contribution is -0.135. The lowest BCUT2D eigenvalue weighted by Crippen LogP contribution is -2.17. The molecule has 7 heteroatoms. The Balaban J connectivity index is 2.36. The largest absolute Gasteiger partial charge is 0.497 e. The first-order valence-corrected chi connectivity index (χ1v) is 9.82. The predicted molar refractivity (Wildman–Crippen MR) is 104 cm³/mol. The maximum atomic E-state index is 12.9. The normalized spacial score (nSPS) is 12.0. The molecule has 2 aromatic rings. The van der Waals surface area contributed by atoms with Crippen LogP contribution in [-0.4, -0.2) is 28.6 Å². The molecule has 2 rings (SSSR count). The molecule has 0 saturated heterocycles. The number of methoxy groups -OCH3 is 2. The molecule has 1 N–H and O–H groups in total. The first-order valence-electron chi connectivity index (χ1n) is 8.33. The minimum atomic E-state index is -4.04. The molecule has 0 unspecified atom stereocenters. The molecule has 0 heterocycles. The van der Waals surface area contributed by atoms with Crippen molar-refractivity contribution in [2.45, 2.75) is 24.7 Å². The van der Waals surface area contributed by atoms with Gasteiger partial charge in [0.05, 0.1) is 19.1 Å². The summed E-state index contributed by atoms with van der Waals surface area (Å²) >= 11 is 0. The van der Waals surface area contributed by atoms with Crippen LogP contribution in [0.15, 0.2) is 64.5 Å². The predicted octanol–water partition coefficient (Wildman–Crippen LogP) is 3.72. The van der Waals surface area contributed by atoms with Crippen LogP contribution in [0, 0.1) is 0 Å². The third kappa shape index (κ3) is 4.89. The summed E-state index contributed by atoms with van der Waals surface area (Å²) in [6.07, 6.45) is 1.14. The maximum absolute atomic E-state index is 12.9. The molecule has 0 aliphatic rings. The minimum Gasteiger partial charge on any atom is -0.497 e. The molecule has 144 valence electrons. The van der Waals surface area contributed by atoms with Gasteiger partial charge in [-0.25, -0.2) is 13.2 Å². The number of benzene rings is 2. The highest BCUT2D eigenvalue weighted by molar-refractivity contribution is 7.96. The van der Waals surface area contributed by atoms with Gasteiger partial charge in [0.15, 0.2) is 4.91 Å². The van der Waals surface area contributed by atoms with E-state index >= 15 is 0 Å². The zero-order chi connectivity index (χ0) is 20.0. The topological polar surface area (TPSA) is 81.7 Å². The standard InChI is InChI=1S/C20H23NO5S/c1-14(2)15-5-11-18(12-6-15)27(23,24)19(20(22)26-4)13-21-16-7-9-17(25-3)10-8-16/h5-14,21H,1-4H3/b19-13-. The smallest absolute Gasteiger partial charge is 0.351 e. The molecular formula is C20H23NO5S. The Morgan fingerprint density at radius 3 is 2.07 bits per heavy atom. The van der Waals surface area contributed by atoms with Crippen LogP contribution in [0.1, 0.15) is 25.3 Å². The second kappa shape index (κ2) is 8.73. The van der Waals surface area contributed by atoms with Gasteiger partial charge in [-0.1, -0.05) is 26.0 Å². The number of rotatable bonds is 7. The van der Waals surface area contributed by atoms with Crippen LogP contribution in [0.5, 0.6) is 5.75 Å². The number of carbonyl (C=O) groups excluding carboxylic acids is 1. The van der Waals surface area contributed by atoms with E-state index in [0.29, 0.717) is 11.4 Å². The molecule has 0 amide bonds. The third-order valence-corrected chi connectivity index (χ3v) is 5.75. The van der Waals surface area contributed by atoms with E-state index in [1.54, 1.807) is 43.5 Å². The van der Waals surface area contributed by atoms with Crippen molar-refractivity contribution in [1.29, 1.82) is 0 Å². The van der Waals surface area contributed by atoms with E-state index in [9.17, 15) is 13.2 Å². The van der Waals surface area contributed by atoms with Gasteiger partial charge in [-0.05, 0) is 47.9 Å². The van der Waals surface area contributed by atoms with Gasteiger partial charge in [0.1, 0.15) is 5.75 Å². The molecule has 0 spiro atoms. The molecule has 0 aliphatic carbocycles. The van der Waals surface area contributed by atoms with Crippen LogP contribution in [-0.2, 0) is 19.4 Å². The monoisotopic (exact) mass is 389 g/mol. The molecule has 0 bridgehead atoms.